The van der Waals surface area contributed by atoms with Crippen molar-refractivity contribution < 1.29 is 4.74 Å². The molecule has 0 aliphatic heterocycles. The summed E-state index contributed by atoms with van der Waals surface area (Å²) in [5, 5.41) is 0. The highest BCUT2D eigenvalue weighted by Crippen LogP contribution is 2.12. The van der Waals surface area contributed by atoms with Gasteiger partial charge in [-0.25, -0.2) is 0 Å². The van der Waals surface area contributed by atoms with Crippen molar-refractivity contribution in [2.45, 2.75) is 32.2 Å². The lowest BCUT2D eigenvalue weighted by molar-refractivity contribution is 0.414. The molecule has 0 radical (unpaired) electrons. The minimum atomic E-state index is 0.753. The third kappa shape index (κ3) is 5.82. The van der Waals surface area contributed by atoms with E-state index in [4.69, 9.17) is 4.74 Å². The number of benzene rings is 2. The third-order valence-corrected chi connectivity index (χ3v) is 3.45. The Labute approximate surface area is 127 Å². The monoisotopic (exact) mass is 281 g/mol. The summed E-state index contributed by atoms with van der Waals surface area (Å²) < 4.78 is 5.14. The van der Waals surface area contributed by atoms with Crippen LogP contribution >= 0.6 is 0 Å². The Bertz CT molecular complexity index is 531. The first-order chi connectivity index (χ1) is 10.4. The van der Waals surface area contributed by atoms with Crippen LogP contribution in [0.15, 0.2) is 59.6 Å². The molecule has 0 fully saturated rings. The van der Waals surface area contributed by atoms with Crippen molar-refractivity contribution in [1.82, 2.24) is 0 Å². The number of nitrogens with zero attached hydrogens (tertiary/aromatic N) is 1. The van der Waals surface area contributed by atoms with E-state index in [1.807, 2.05) is 12.1 Å². The maximum absolute atomic E-state index is 5.14. The van der Waals surface area contributed by atoms with Gasteiger partial charge in [-0.1, -0.05) is 42.5 Å². The van der Waals surface area contributed by atoms with Gasteiger partial charge in [0, 0.05) is 0 Å². The van der Waals surface area contributed by atoms with E-state index >= 15 is 0 Å². The van der Waals surface area contributed by atoms with E-state index in [1.165, 1.54) is 24.0 Å². The molecule has 0 spiro atoms. The molecule has 110 valence electrons. The molecule has 0 saturated carbocycles. The SMILES string of the molecule is COc1ccc(CN=CCCCCc2ccccc2)cc1. The number of hydrogen-bond donors (Lipinski definition) is 0. The van der Waals surface area contributed by atoms with Crippen LogP contribution in [0.3, 0.4) is 0 Å². The molecule has 0 saturated heterocycles. The Morgan fingerprint density at radius 1 is 0.905 bits per heavy atom. The summed E-state index contributed by atoms with van der Waals surface area (Å²) in [6.45, 7) is 0.753. The van der Waals surface area contributed by atoms with Gasteiger partial charge in [0.25, 0.3) is 0 Å². The molecule has 0 amide bonds. The van der Waals surface area contributed by atoms with Crippen molar-refractivity contribution in [3.8, 4) is 5.75 Å². The van der Waals surface area contributed by atoms with Gasteiger partial charge in [0.2, 0.25) is 0 Å². The second kappa shape index (κ2) is 8.96. The molecule has 0 aromatic heterocycles. The Morgan fingerprint density at radius 2 is 1.67 bits per heavy atom. The number of ether oxygens (including phenoxy) is 1. The zero-order valence-electron chi connectivity index (χ0n) is 12.7. The fourth-order valence-electron chi connectivity index (χ4n) is 2.20. The molecule has 0 aliphatic carbocycles. The average molecular weight is 281 g/mol. The molecule has 2 aromatic rings. The Hall–Kier alpha value is -2.09. The standard InChI is InChI=1S/C19H23NO/c1-21-19-13-11-18(12-14-19)16-20-15-7-3-6-10-17-8-4-2-5-9-17/h2,4-5,8-9,11-15H,3,6-7,10,16H2,1H3. The number of methoxy groups -OCH3 is 1. The zero-order valence-corrected chi connectivity index (χ0v) is 12.7. The molecular weight excluding hydrogens is 258 g/mol. The lowest BCUT2D eigenvalue weighted by atomic mass is 10.1. The van der Waals surface area contributed by atoms with E-state index in [1.54, 1.807) is 7.11 Å². The van der Waals surface area contributed by atoms with E-state index in [0.717, 1.165) is 25.1 Å². The lowest BCUT2D eigenvalue weighted by Crippen LogP contribution is -1.87. The Morgan fingerprint density at radius 3 is 2.38 bits per heavy atom. The number of unbranched alkanes of at least 4 members (excludes halogenated alkanes) is 2. The van der Waals surface area contributed by atoms with Crippen LogP contribution in [0.5, 0.6) is 5.75 Å². The van der Waals surface area contributed by atoms with Crippen molar-refractivity contribution in [3.05, 3.63) is 65.7 Å². The first-order valence-electron chi connectivity index (χ1n) is 7.53. The first-order valence-corrected chi connectivity index (χ1v) is 7.53. The maximum atomic E-state index is 5.14. The highest BCUT2D eigenvalue weighted by Gasteiger charge is 1.93. The molecule has 2 aromatic carbocycles. The lowest BCUT2D eigenvalue weighted by Gasteiger charge is -2.01. The molecule has 2 heteroatoms. The zero-order chi connectivity index (χ0) is 14.8. The van der Waals surface area contributed by atoms with E-state index in [0.29, 0.717) is 0 Å². The fourth-order valence-corrected chi connectivity index (χ4v) is 2.20. The normalized spacial score (nSPS) is 10.9. The number of aliphatic imine (C=N–C) groups is 1. The molecular formula is C19H23NO. The predicted molar refractivity (Wildman–Crippen MR) is 89.2 cm³/mol. The molecule has 0 heterocycles. The fraction of sp³-hybridized carbons (Fsp3) is 0.316. The molecule has 2 nitrogen and oxygen atoms in total. The van der Waals surface area contributed by atoms with Crippen LogP contribution in [0.4, 0.5) is 0 Å². The molecule has 2 rings (SSSR count). The van der Waals surface area contributed by atoms with Crippen LogP contribution in [0.2, 0.25) is 0 Å². The number of rotatable bonds is 8. The molecule has 0 atom stereocenters. The van der Waals surface area contributed by atoms with Gasteiger partial charge in [-0.05, 0) is 55.2 Å². The minimum Gasteiger partial charge on any atom is -0.497 e. The van der Waals surface area contributed by atoms with Crippen molar-refractivity contribution in [1.29, 1.82) is 0 Å². The largest absolute Gasteiger partial charge is 0.497 e. The molecule has 21 heavy (non-hydrogen) atoms. The summed E-state index contributed by atoms with van der Waals surface area (Å²) in [7, 11) is 1.68. The van der Waals surface area contributed by atoms with Crippen molar-refractivity contribution in [2.24, 2.45) is 4.99 Å². The van der Waals surface area contributed by atoms with Gasteiger partial charge in [-0.2, -0.15) is 0 Å². The minimum absolute atomic E-state index is 0.753. The Kier molecular flexibility index (Phi) is 6.53. The quantitative estimate of drug-likeness (QED) is 0.508. The van der Waals surface area contributed by atoms with Crippen molar-refractivity contribution in [2.75, 3.05) is 7.11 Å². The summed E-state index contributed by atoms with van der Waals surface area (Å²) in [5.41, 5.74) is 2.64. The highest BCUT2D eigenvalue weighted by molar-refractivity contribution is 5.57. The van der Waals surface area contributed by atoms with Gasteiger partial charge >= 0.3 is 0 Å². The molecule has 0 bridgehead atoms. The number of aryl methyl sites for hydroxylation is 1. The van der Waals surface area contributed by atoms with Crippen LogP contribution < -0.4 is 4.74 Å². The summed E-state index contributed by atoms with van der Waals surface area (Å²) in [4.78, 5) is 4.48. The summed E-state index contributed by atoms with van der Waals surface area (Å²) in [5.74, 6) is 0.892. The number of hydrogen-bond acceptors (Lipinski definition) is 2. The summed E-state index contributed by atoms with van der Waals surface area (Å²) in [6, 6.07) is 18.7. The van der Waals surface area contributed by atoms with E-state index < -0.39 is 0 Å². The van der Waals surface area contributed by atoms with Crippen LogP contribution in [-0.2, 0) is 13.0 Å². The first kappa shape index (κ1) is 15.3. The molecule has 0 unspecified atom stereocenters. The van der Waals surface area contributed by atoms with Gasteiger partial charge in [-0.15, -0.1) is 0 Å². The van der Waals surface area contributed by atoms with Gasteiger partial charge in [-0.3, -0.25) is 4.99 Å². The van der Waals surface area contributed by atoms with Crippen LogP contribution in [-0.4, -0.2) is 13.3 Å². The predicted octanol–water partition coefficient (Wildman–Crippen LogP) is 4.68. The highest BCUT2D eigenvalue weighted by atomic mass is 16.5. The van der Waals surface area contributed by atoms with E-state index in [-0.39, 0.29) is 0 Å². The van der Waals surface area contributed by atoms with Crippen LogP contribution in [0, 0.1) is 0 Å². The third-order valence-electron chi connectivity index (χ3n) is 3.45. The van der Waals surface area contributed by atoms with Crippen molar-refractivity contribution in [3.63, 3.8) is 0 Å². The summed E-state index contributed by atoms with van der Waals surface area (Å²) >= 11 is 0. The Balaban J connectivity index is 1.60. The van der Waals surface area contributed by atoms with Gasteiger partial charge in [0.05, 0.1) is 13.7 Å². The van der Waals surface area contributed by atoms with Crippen LogP contribution in [0.1, 0.15) is 30.4 Å². The van der Waals surface area contributed by atoms with Gasteiger partial charge in [0.1, 0.15) is 5.75 Å². The van der Waals surface area contributed by atoms with E-state index in [2.05, 4.69) is 53.7 Å². The topological polar surface area (TPSA) is 21.6 Å². The van der Waals surface area contributed by atoms with E-state index in [9.17, 15) is 0 Å². The van der Waals surface area contributed by atoms with Crippen molar-refractivity contribution >= 4 is 6.21 Å². The smallest absolute Gasteiger partial charge is 0.118 e. The maximum Gasteiger partial charge on any atom is 0.118 e. The molecule has 0 N–H and O–H groups in total. The van der Waals surface area contributed by atoms with Crippen LogP contribution in [0.25, 0.3) is 0 Å². The molecule has 0 aliphatic rings. The van der Waals surface area contributed by atoms with Gasteiger partial charge < -0.3 is 4.74 Å². The summed E-state index contributed by atoms with van der Waals surface area (Å²) in [6.07, 6.45) is 6.69. The van der Waals surface area contributed by atoms with Gasteiger partial charge in [0.15, 0.2) is 0 Å². The second-order valence-corrected chi connectivity index (χ2v) is 5.10. The second-order valence-electron chi connectivity index (χ2n) is 5.10. The average Bonchev–Trinajstić information content (AvgIpc) is 2.55.